The predicted molar refractivity (Wildman–Crippen MR) is 113 cm³/mol. The molecule has 1 aliphatic carbocycles. The smallest absolute Gasteiger partial charge is 0.259 e. The number of carbonyl (C=O) groups is 2. The lowest BCUT2D eigenvalue weighted by molar-refractivity contribution is -0.139. The fourth-order valence-corrected chi connectivity index (χ4v) is 4.23. The van der Waals surface area contributed by atoms with Gasteiger partial charge in [-0.15, -0.1) is 0 Å². The van der Waals surface area contributed by atoms with E-state index in [9.17, 15) is 14.0 Å². The highest BCUT2D eigenvalue weighted by molar-refractivity contribution is 5.97. The van der Waals surface area contributed by atoms with Gasteiger partial charge in [0, 0.05) is 44.5 Å². The molecule has 31 heavy (non-hydrogen) atoms. The quantitative estimate of drug-likeness (QED) is 0.651. The molecule has 0 unspecified atom stereocenters. The molecule has 3 heterocycles. The molecule has 0 spiro atoms. The summed E-state index contributed by atoms with van der Waals surface area (Å²) in [5.74, 6) is 0.302. The molecule has 7 nitrogen and oxygen atoms in total. The summed E-state index contributed by atoms with van der Waals surface area (Å²) in [6.07, 6.45) is 8.20. The summed E-state index contributed by atoms with van der Waals surface area (Å²) < 4.78 is 17.7. The van der Waals surface area contributed by atoms with Crippen molar-refractivity contribution in [3.8, 4) is 11.5 Å². The highest BCUT2D eigenvalue weighted by Gasteiger charge is 2.33. The van der Waals surface area contributed by atoms with Crippen LogP contribution in [0.25, 0.3) is 11.5 Å². The van der Waals surface area contributed by atoms with Crippen LogP contribution in [0.1, 0.15) is 29.6 Å². The van der Waals surface area contributed by atoms with Crippen molar-refractivity contribution in [2.75, 3.05) is 26.2 Å². The fourth-order valence-electron chi connectivity index (χ4n) is 4.23. The Labute approximate surface area is 179 Å². The number of aromatic nitrogens is 3. The van der Waals surface area contributed by atoms with Gasteiger partial charge in [0.25, 0.3) is 5.91 Å². The van der Waals surface area contributed by atoms with E-state index in [1.165, 1.54) is 16.9 Å². The van der Waals surface area contributed by atoms with Crippen LogP contribution >= 0.6 is 0 Å². The molecule has 0 atom stereocenters. The van der Waals surface area contributed by atoms with Crippen molar-refractivity contribution < 1.29 is 14.0 Å². The van der Waals surface area contributed by atoms with Crippen LogP contribution in [-0.4, -0.2) is 62.1 Å². The summed E-state index contributed by atoms with van der Waals surface area (Å²) in [6, 6.07) is 10.0. The van der Waals surface area contributed by atoms with Crippen LogP contribution < -0.4 is 0 Å². The van der Waals surface area contributed by atoms with Crippen LogP contribution in [0.3, 0.4) is 0 Å². The second-order valence-corrected chi connectivity index (χ2v) is 8.08. The van der Waals surface area contributed by atoms with Crippen LogP contribution in [0.2, 0.25) is 0 Å². The number of halogens is 1. The minimum atomic E-state index is -0.416. The molecule has 2 fully saturated rings. The van der Waals surface area contributed by atoms with Gasteiger partial charge in [0.15, 0.2) is 5.82 Å². The Morgan fingerprint density at radius 3 is 2.26 bits per heavy atom. The normalized spacial score (nSPS) is 16.9. The van der Waals surface area contributed by atoms with Gasteiger partial charge >= 0.3 is 0 Å². The van der Waals surface area contributed by atoms with Crippen molar-refractivity contribution in [1.29, 1.82) is 0 Å². The molecule has 1 aliphatic heterocycles. The molecular formula is C23H24FN5O2. The van der Waals surface area contributed by atoms with Gasteiger partial charge in [-0.25, -0.2) is 9.07 Å². The van der Waals surface area contributed by atoms with Crippen LogP contribution in [-0.2, 0) is 4.79 Å². The Kier molecular flexibility index (Phi) is 5.05. The van der Waals surface area contributed by atoms with Crippen molar-refractivity contribution in [2.24, 2.45) is 5.92 Å². The molecule has 2 amide bonds. The molecule has 5 rings (SSSR count). The summed E-state index contributed by atoms with van der Waals surface area (Å²) in [5.41, 5.74) is 0.680. The summed E-state index contributed by atoms with van der Waals surface area (Å²) in [6.45, 7) is 2.04. The molecule has 0 radical (unpaired) electrons. The monoisotopic (exact) mass is 421 g/mol. The summed E-state index contributed by atoms with van der Waals surface area (Å²) in [7, 11) is 0. The number of rotatable bonds is 4. The van der Waals surface area contributed by atoms with Gasteiger partial charge < -0.3 is 14.4 Å². The lowest BCUT2D eigenvalue weighted by atomic mass is 9.84. The average molecular weight is 421 g/mol. The third-order valence-corrected chi connectivity index (χ3v) is 6.24. The van der Waals surface area contributed by atoms with Gasteiger partial charge in [-0.1, -0.05) is 18.6 Å². The lowest BCUT2D eigenvalue weighted by Gasteiger charge is -2.38. The van der Waals surface area contributed by atoms with Crippen LogP contribution in [0.4, 0.5) is 4.39 Å². The third kappa shape index (κ3) is 3.52. The lowest BCUT2D eigenvalue weighted by Crippen LogP contribution is -2.52. The zero-order valence-electron chi connectivity index (χ0n) is 17.2. The van der Waals surface area contributed by atoms with E-state index in [0.29, 0.717) is 37.6 Å². The van der Waals surface area contributed by atoms with Gasteiger partial charge in [0.1, 0.15) is 17.1 Å². The van der Waals surface area contributed by atoms with Crippen molar-refractivity contribution in [3.05, 3.63) is 66.4 Å². The van der Waals surface area contributed by atoms with Gasteiger partial charge in [0.2, 0.25) is 5.91 Å². The molecular weight excluding hydrogens is 397 g/mol. The second-order valence-electron chi connectivity index (χ2n) is 8.08. The highest BCUT2D eigenvalue weighted by atomic mass is 19.1. The summed E-state index contributed by atoms with van der Waals surface area (Å²) >= 11 is 0. The molecule has 1 aromatic carbocycles. The first-order chi connectivity index (χ1) is 15.1. The topological polar surface area (TPSA) is 63.4 Å². The summed E-state index contributed by atoms with van der Waals surface area (Å²) in [5, 5.41) is 4.35. The zero-order valence-corrected chi connectivity index (χ0v) is 17.2. The van der Waals surface area contributed by atoms with Crippen LogP contribution in [0, 0.1) is 11.7 Å². The largest absolute Gasteiger partial charge is 0.339 e. The molecule has 0 bridgehead atoms. The Bertz CT molecular complexity index is 1100. The Balaban J connectivity index is 1.41. The molecule has 1 saturated heterocycles. The maximum atomic E-state index is 14.5. The number of hydrogen-bond acceptors (Lipinski definition) is 3. The minimum Gasteiger partial charge on any atom is -0.339 e. The van der Waals surface area contributed by atoms with E-state index in [0.717, 1.165) is 19.3 Å². The first-order valence-electron chi connectivity index (χ1n) is 10.7. The SMILES string of the molecule is O=C(c1cnn(-c2ccccc2F)c1-n1cccc1)N1CCN(C(=O)C2CCC2)CC1. The molecule has 0 N–H and O–H groups in total. The van der Waals surface area contributed by atoms with E-state index in [2.05, 4.69) is 5.10 Å². The predicted octanol–water partition coefficient (Wildman–Crippen LogP) is 2.89. The molecule has 1 saturated carbocycles. The van der Waals surface area contributed by atoms with Gasteiger partial charge in [-0.05, 0) is 37.1 Å². The standard InChI is InChI=1S/C23H24FN5O2/c24-19-8-1-2-9-20(19)29-21(26-10-3-4-11-26)18(16-25-29)23(31)28-14-12-27(13-15-28)22(30)17-6-5-7-17/h1-4,8-11,16-17H,5-7,12-15H2. The van der Waals surface area contributed by atoms with E-state index in [-0.39, 0.29) is 23.4 Å². The number of para-hydroxylation sites is 1. The van der Waals surface area contributed by atoms with Crippen molar-refractivity contribution in [2.45, 2.75) is 19.3 Å². The molecule has 160 valence electrons. The maximum Gasteiger partial charge on any atom is 0.259 e. The fraction of sp³-hybridized carbons (Fsp3) is 0.348. The van der Waals surface area contributed by atoms with Gasteiger partial charge in [-0.3, -0.25) is 9.59 Å². The molecule has 8 heteroatoms. The van der Waals surface area contributed by atoms with E-state index in [1.54, 1.807) is 40.1 Å². The first kappa shape index (κ1) is 19.5. The number of amides is 2. The second kappa shape index (κ2) is 8.02. The van der Waals surface area contributed by atoms with Crippen molar-refractivity contribution >= 4 is 11.8 Å². The number of carbonyl (C=O) groups excluding carboxylic acids is 2. The molecule has 2 aliphatic rings. The first-order valence-corrected chi connectivity index (χ1v) is 10.7. The van der Waals surface area contributed by atoms with Crippen LogP contribution in [0.15, 0.2) is 55.0 Å². The molecule has 3 aromatic rings. The van der Waals surface area contributed by atoms with Crippen molar-refractivity contribution in [3.63, 3.8) is 0 Å². The maximum absolute atomic E-state index is 14.5. The van der Waals surface area contributed by atoms with E-state index in [1.807, 2.05) is 17.0 Å². The zero-order chi connectivity index (χ0) is 21.4. The van der Waals surface area contributed by atoms with E-state index in [4.69, 9.17) is 0 Å². The molecule has 2 aromatic heterocycles. The van der Waals surface area contributed by atoms with Crippen molar-refractivity contribution in [1.82, 2.24) is 24.1 Å². The Hall–Kier alpha value is -3.42. The Morgan fingerprint density at radius 2 is 1.61 bits per heavy atom. The highest BCUT2D eigenvalue weighted by Crippen LogP contribution is 2.29. The number of hydrogen-bond donors (Lipinski definition) is 0. The Morgan fingerprint density at radius 1 is 0.935 bits per heavy atom. The number of benzene rings is 1. The number of piperazine rings is 1. The average Bonchev–Trinajstić information content (AvgIpc) is 3.42. The third-order valence-electron chi connectivity index (χ3n) is 6.24. The number of nitrogens with zero attached hydrogens (tertiary/aromatic N) is 5. The summed E-state index contributed by atoms with van der Waals surface area (Å²) in [4.78, 5) is 29.5. The van der Waals surface area contributed by atoms with E-state index < -0.39 is 5.82 Å². The minimum absolute atomic E-state index is 0.165. The van der Waals surface area contributed by atoms with Gasteiger partial charge in [0.05, 0.1) is 6.20 Å². The van der Waals surface area contributed by atoms with Crippen LogP contribution in [0.5, 0.6) is 0 Å². The van der Waals surface area contributed by atoms with Gasteiger partial charge in [-0.2, -0.15) is 5.10 Å². The van der Waals surface area contributed by atoms with E-state index >= 15 is 0 Å².